The van der Waals surface area contributed by atoms with Gasteiger partial charge in [0.15, 0.2) is 6.61 Å². The lowest BCUT2D eigenvalue weighted by molar-refractivity contribution is -0.126. The third kappa shape index (κ3) is 5.36. The number of fused-ring (bicyclic) bond motifs is 1. The van der Waals surface area contributed by atoms with Crippen LogP contribution >= 0.6 is 0 Å². The Morgan fingerprint density at radius 2 is 1.75 bits per heavy atom. The summed E-state index contributed by atoms with van der Waals surface area (Å²) in [5.41, 5.74) is 2.83. The van der Waals surface area contributed by atoms with Crippen LogP contribution in [-0.4, -0.2) is 24.0 Å². The number of amides is 1. The number of rotatable bonds is 5. The minimum absolute atomic E-state index is 0.109. The Balaban J connectivity index is 1.86. The summed E-state index contributed by atoms with van der Waals surface area (Å²) < 4.78 is 5.17. The number of carbonyl (C=O) groups is 2. The third-order valence-corrected chi connectivity index (χ3v) is 4.12. The lowest BCUT2D eigenvalue weighted by atomic mass is 9.82. The molecule has 1 aliphatic rings. The van der Waals surface area contributed by atoms with E-state index >= 15 is 0 Å². The van der Waals surface area contributed by atoms with Crippen LogP contribution in [0, 0.1) is 5.41 Å². The van der Waals surface area contributed by atoms with Crippen LogP contribution in [0.5, 0.6) is 0 Å². The van der Waals surface area contributed by atoms with E-state index in [1.807, 2.05) is 26.0 Å². The zero-order valence-corrected chi connectivity index (χ0v) is 15.5. The van der Waals surface area contributed by atoms with Crippen molar-refractivity contribution in [3.05, 3.63) is 34.9 Å². The van der Waals surface area contributed by atoms with E-state index in [2.05, 4.69) is 26.1 Å². The molecule has 0 atom stereocenters. The van der Waals surface area contributed by atoms with Gasteiger partial charge in [0.2, 0.25) is 0 Å². The summed E-state index contributed by atoms with van der Waals surface area (Å²) in [5.74, 6) is -0.702. The molecule has 1 aliphatic carbocycles. The Morgan fingerprint density at radius 3 is 2.42 bits per heavy atom. The second-order valence-electron chi connectivity index (χ2n) is 8.58. The summed E-state index contributed by atoms with van der Waals surface area (Å²) in [6.07, 6.45) is 4.07. The van der Waals surface area contributed by atoms with Crippen LogP contribution in [0.3, 0.4) is 0 Å². The fourth-order valence-electron chi connectivity index (χ4n) is 3.70. The molecule has 1 N–H and O–H groups in total. The number of hydrogen-bond donors (Lipinski definition) is 1. The summed E-state index contributed by atoms with van der Waals surface area (Å²) >= 11 is 0. The lowest BCUT2D eigenvalue weighted by Crippen LogP contribution is -2.47. The molecule has 24 heavy (non-hydrogen) atoms. The molecule has 0 fully saturated rings. The van der Waals surface area contributed by atoms with Crippen molar-refractivity contribution in [2.24, 2.45) is 5.41 Å². The normalized spacial score (nSPS) is 14.2. The fourth-order valence-corrected chi connectivity index (χ4v) is 3.70. The Labute approximate surface area is 145 Å². The van der Waals surface area contributed by atoms with Gasteiger partial charge in [0.05, 0.1) is 5.56 Å². The summed E-state index contributed by atoms with van der Waals surface area (Å²) in [4.78, 5) is 24.2. The van der Waals surface area contributed by atoms with Crippen molar-refractivity contribution in [2.75, 3.05) is 6.61 Å². The second-order valence-corrected chi connectivity index (χ2v) is 8.58. The van der Waals surface area contributed by atoms with Gasteiger partial charge in [0.1, 0.15) is 0 Å². The Bertz CT molecular complexity index is 626. The molecule has 1 aromatic carbocycles. The zero-order chi connectivity index (χ0) is 18.0. The lowest BCUT2D eigenvalue weighted by Gasteiger charge is -2.33. The van der Waals surface area contributed by atoms with Crippen LogP contribution in [0.1, 0.15) is 68.9 Å². The molecule has 0 spiro atoms. The molecular formula is C20H29NO3. The summed E-state index contributed by atoms with van der Waals surface area (Å²) in [6.45, 7) is 10.1. The monoisotopic (exact) mass is 331 g/mol. The maximum atomic E-state index is 12.1. The SMILES string of the molecule is CC(C)(C)CC(C)(C)NC(=O)COC(=O)c1ccc2c(c1)CCC2. The molecule has 0 bridgehead atoms. The molecule has 0 saturated carbocycles. The summed E-state index contributed by atoms with van der Waals surface area (Å²) in [7, 11) is 0. The second kappa shape index (κ2) is 6.96. The number of ether oxygens (including phenoxy) is 1. The van der Waals surface area contributed by atoms with Crippen LogP contribution in [0.15, 0.2) is 18.2 Å². The van der Waals surface area contributed by atoms with Crippen molar-refractivity contribution >= 4 is 11.9 Å². The van der Waals surface area contributed by atoms with E-state index in [0.717, 1.165) is 25.7 Å². The maximum Gasteiger partial charge on any atom is 0.338 e. The van der Waals surface area contributed by atoms with E-state index in [1.54, 1.807) is 6.07 Å². The number of carbonyl (C=O) groups excluding carboxylic acids is 2. The molecule has 1 aromatic rings. The highest BCUT2D eigenvalue weighted by molar-refractivity contribution is 5.91. The van der Waals surface area contributed by atoms with Crippen LogP contribution < -0.4 is 5.32 Å². The molecular weight excluding hydrogens is 302 g/mol. The minimum atomic E-state index is -0.437. The van der Waals surface area contributed by atoms with Gasteiger partial charge in [-0.3, -0.25) is 4.79 Å². The first-order valence-electron chi connectivity index (χ1n) is 8.66. The van der Waals surface area contributed by atoms with Gasteiger partial charge < -0.3 is 10.1 Å². The first-order valence-corrected chi connectivity index (χ1v) is 8.66. The zero-order valence-electron chi connectivity index (χ0n) is 15.5. The number of esters is 1. The molecule has 0 unspecified atom stereocenters. The minimum Gasteiger partial charge on any atom is -0.452 e. The van der Waals surface area contributed by atoms with Crippen LogP contribution in [0.2, 0.25) is 0 Å². The smallest absolute Gasteiger partial charge is 0.338 e. The maximum absolute atomic E-state index is 12.1. The van der Waals surface area contributed by atoms with Crippen molar-refractivity contribution in [2.45, 2.75) is 65.8 Å². The highest BCUT2D eigenvalue weighted by Gasteiger charge is 2.27. The van der Waals surface area contributed by atoms with Gasteiger partial charge in [-0.1, -0.05) is 26.8 Å². The van der Waals surface area contributed by atoms with Crippen molar-refractivity contribution in [1.29, 1.82) is 0 Å². The molecule has 132 valence electrons. The van der Waals surface area contributed by atoms with Crippen LogP contribution in [0.4, 0.5) is 0 Å². The van der Waals surface area contributed by atoms with Gasteiger partial charge in [-0.15, -0.1) is 0 Å². The molecule has 0 radical (unpaired) electrons. The van der Waals surface area contributed by atoms with Crippen molar-refractivity contribution in [3.8, 4) is 0 Å². The Hall–Kier alpha value is -1.84. The van der Waals surface area contributed by atoms with Gasteiger partial charge >= 0.3 is 5.97 Å². The van der Waals surface area contributed by atoms with E-state index < -0.39 is 5.97 Å². The number of benzene rings is 1. The summed E-state index contributed by atoms with van der Waals surface area (Å²) in [5, 5.41) is 2.95. The van der Waals surface area contributed by atoms with Crippen LogP contribution in [0.25, 0.3) is 0 Å². The molecule has 0 aromatic heterocycles. The molecule has 2 rings (SSSR count). The predicted octanol–water partition coefficient (Wildman–Crippen LogP) is 3.66. The molecule has 0 saturated heterocycles. The van der Waals surface area contributed by atoms with E-state index in [-0.39, 0.29) is 23.5 Å². The third-order valence-electron chi connectivity index (χ3n) is 4.12. The first kappa shape index (κ1) is 18.5. The Morgan fingerprint density at radius 1 is 1.08 bits per heavy atom. The van der Waals surface area contributed by atoms with Gasteiger partial charge in [0.25, 0.3) is 5.91 Å². The van der Waals surface area contributed by atoms with Gasteiger partial charge in [-0.25, -0.2) is 4.79 Å². The first-order chi connectivity index (χ1) is 11.1. The standard InChI is InChI=1S/C20H29NO3/c1-19(2,3)13-20(4,5)21-17(22)12-24-18(23)16-10-9-14-7-6-8-15(14)11-16/h9-11H,6-8,12-13H2,1-5H3,(H,21,22). The van der Waals surface area contributed by atoms with Gasteiger partial charge in [0, 0.05) is 5.54 Å². The average Bonchev–Trinajstić information content (AvgIpc) is 2.88. The number of hydrogen-bond acceptors (Lipinski definition) is 3. The van der Waals surface area contributed by atoms with Crippen molar-refractivity contribution in [1.82, 2.24) is 5.32 Å². The van der Waals surface area contributed by atoms with E-state index in [0.29, 0.717) is 5.56 Å². The number of aryl methyl sites for hydroxylation is 2. The molecule has 4 heteroatoms. The highest BCUT2D eigenvalue weighted by Crippen LogP contribution is 2.26. The van der Waals surface area contributed by atoms with E-state index in [9.17, 15) is 9.59 Å². The molecule has 1 amide bonds. The highest BCUT2D eigenvalue weighted by atomic mass is 16.5. The van der Waals surface area contributed by atoms with Crippen molar-refractivity contribution in [3.63, 3.8) is 0 Å². The quantitative estimate of drug-likeness (QED) is 0.838. The van der Waals surface area contributed by atoms with E-state index in [1.165, 1.54) is 11.1 Å². The topological polar surface area (TPSA) is 55.4 Å². The molecule has 4 nitrogen and oxygen atoms in total. The molecule has 0 heterocycles. The number of nitrogens with one attached hydrogen (secondary N) is 1. The van der Waals surface area contributed by atoms with Gasteiger partial charge in [-0.05, 0) is 68.2 Å². The predicted molar refractivity (Wildman–Crippen MR) is 95.0 cm³/mol. The van der Waals surface area contributed by atoms with Gasteiger partial charge in [-0.2, -0.15) is 0 Å². The fraction of sp³-hybridized carbons (Fsp3) is 0.600. The Kier molecular flexibility index (Phi) is 5.36. The average molecular weight is 331 g/mol. The van der Waals surface area contributed by atoms with Crippen LogP contribution in [-0.2, 0) is 22.4 Å². The summed E-state index contributed by atoms with van der Waals surface area (Å²) in [6, 6.07) is 5.67. The molecule has 0 aliphatic heterocycles. The van der Waals surface area contributed by atoms with E-state index in [4.69, 9.17) is 4.74 Å². The largest absolute Gasteiger partial charge is 0.452 e. The van der Waals surface area contributed by atoms with Crippen molar-refractivity contribution < 1.29 is 14.3 Å².